The van der Waals surface area contributed by atoms with Gasteiger partial charge in [-0.05, 0) is 18.5 Å². The minimum atomic E-state index is 0.108. The zero-order valence-electron chi connectivity index (χ0n) is 13.0. The van der Waals surface area contributed by atoms with E-state index in [1.807, 2.05) is 25.1 Å². The van der Waals surface area contributed by atoms with E-state index in [1.54, 1.807) is 7.11 Å². The second-order valence-electron chi connectivity index (χ2n) is 5.57. The third-order valence-electron chi connectivity index (χ3n) is 2.97. The average molecular weight is 281 g/mol. The molecule has 20 heavy (non-hydrogen) atoms. The molecule has 0 aliphatic rings. The molecule has 4 heteroatoms. The number of ether oxygens (including phenoxy) is 2. The fourth-order valence-corrected chi connectivity index (χ4v) is 1.80. The second-order valence-corrected chi connectivity index (χ2v) is 5.57. The Kier molecular flexibility index (Phi) is 7.41. The molecule has 1 aromatic carbocycles. The molecule has 1 unspecified atom stereocenters. The summed E-state index contributed by atoms with van der Waals surface area (Å²) in [5.74, 6) is 2.22. The van der Waals surface area contributed by atoms with Crippen LogP contribution in [0.1, 0.15) is 26.3 Å². The molecule has 1 aromatic rings. The Morgan fingerprint density at radius 3 is 2.60 bits per heavy atom. The molecular formula is C16H27NO3. The third kappa shape index (κ3) is 5.39. The summed E-state index contributed by atoms with van der Waals surface area (Å²) in [5.41, 5.74) is 1.08. The number of aliphatic hydroxyl groups excluding tert-OH is 1. The van der Waals surface area contributed by atoms with Gasteiger partial charge in [0.05, 0.1) is 13.7 Å². The Morgan fingerprint density at radius 2 is 2.00 bits per heavy atom. The van der Waals surface area contributed by atoms with Crippen LogP contribution in [0.5, 0.6) is 11.5 Å². The lowest BCUT2D eigenvalue weighted by Gasteiger charge is -2.17. The molecule has 4 nitrogen and oxygen atoms in total. The number of methoxy groups -OCH3 is 1. The van der Waals surface area contributed by atoms with E-state index in [1.165, 1.54) is 0 Å². The van der Waals surface area contributed by atoms with Crippen LogP contribution in [0.15, 0.2) is 18.2 Å². The minimum absolute atomic E-state index is 0.108. The molecule has 1 rings (SSSR count). The highest BCUT2D eigenvalue weighted by Crippen LogP contribution is 2.31. The van der Waals surface area contributed by atoms with Crippen LogP contribution in [0, 0.1) is 11.8 Å². The van der Waals surface area contributed by atoms with Gasteiger partial charge in [-0.1, -0.05) is 32.9 Å². The molecule has 0 aromatic heterocycles. The Bertz CT molecular complexity index is 393. The van der Waals surface area contributed by atoms with Crippen molar-refractivity contribution in [2.24, 2.45) is 11.8 Å². The minimum Gasteiger partial charge on any atom is -0.493 e. The van der Waals surface area contributed by atoms with E-state index in [9.17, 15) is 0 Å². The third-order valence-corrected chi connectivity index (χ3v) is 2.97. The molecule has 0 aliphatic heterocycles. The first-order chi connectivity index (χ1) is 9.58. The second kappa shape index (κ2) is 8.82. The predicted octanol–water partition coefficient (Wildman–Crippen LogP) is 2.45. The van der Waals surface area contributed by atoms with Crippen molar-refractivity contribution < 1.29 is 14.6 Å². The Hall–Kier alpha value is -1.26. The first-order valence-corrected chi connectivity index (χ1v) is 7.18. The summed E-state index contributed by atoms with van der Waals surface area (Å²) in [6.07, 6.45) is 0. The van der Waals surface area contributed by atoms with E-state index < -0.39 is 0 Å². The van der Waals surface area contributed by atoms with E-state index in [-0.39, 0.29) is 12.5 Å². The van der Waals surface area contributed by atoms with Gasteiger partial charge in [0.1, 0.15) is 0 Å². The average Bonchev–Trinajstić information content (AvgIpc) is 2.44. The molecule has 0 spiro atoms. The van der Waals surface area contributed by atoms with Crippen molar-refractivity contribution in [1.82, 2.24) is 5.32 Å². The van der Waals surface area contributed by atoms with Crippen molar-refractivity contribution in [3.05, 3.63) is 23.8 Å². The molecule has 114 valence electrons. The summed E-state index contributed by atoms with van der Waals surface area (Å²) in [7, 11) is 1.64. The number of rotatable bonds is 9. The number of benzene rings is 1. The van der Waals surface area contributed by atoms with Crippen LogP contribution in [-0.2, 0) is 6.54 Å². The standard InChI is InChI=1S/C16H27NO3/c1-12(2)8-17-9-14-6-5-7-15(19-4)16(14)20-11-13(3)10-18/h5-7,12-13,17-18H,8-11H2,1-4H3. The van der Waals surface area contributed by atoms with Crippen LogP contribution >= 0.6 is 0 Å². The van der Waals surface area contributed by atoms with E-state index in [0.29, 0.717) is 12.5 Å². The van der Waals surface area contributed by atoms with Gasteiger partial charge >= 0.3 is 0 Å². The van der Waals surface area contributed by atoms with Crippen LogP contribution in [0.4, 0.5) is 0 Å². The molecular weight excluding hydrogens is 254 g/mol. The molecule has 0 fully saturated rings. The van der Waals surface area contributed by atoms with Gasteiger partial charge in [0.15, 0.2) is 11.5 Å². The lowest BCUT2D eigenvalue weighted by atomic mass is 10.1. The summed E-state index contributed by atoms with van der Waals surface area (Å²) >= 11 is 0. The first-order valence-electron chi connectivity index (χ1n) is 7.18. The van der Waals surface area contributed by atoms with Crippen molar-refractivity contribution in [3.8, 4) is 11.5 Å². The lowest BCUT2D eigenvalue weighted by Crippen LogP contribution is -2.20. The maximum atomic E-state index is 9.09. The number of para-hydroxylation sites is 1. The van der Waals surface area contributed by atoms with Crippen molar-refractivity contribution in [1.29, 1.82) is 0 Å². The van der Waals surface area contributed by atoms with Crippen LogP contribution in [0.25, 0.3) is 0 Å². The summed E-state index contributed by atoms with van der Waals surface area (Å²) in [5, 5.41) is 12.5. The fourth-order valence-electron chi connectivity index (χ4n) is 1.80. The van der Waals surface area contributed by atoms with Crippen LogP contribution < -0.4 is 14.8 Å². The van der Waals surface area contributed by atoms with Crippen molar-refractivity contribution in [2.75, 3.05) is 26.9 Å². The van der Waals surface area contributed by atoms with Crippen LogP contribution in [-0.4, -0.2) is 32.0 Å². The number of aliphatic hydroxyl groups is 1. The van der Waals surface area contributed by atoms with Gasteiger partial charge < -0.3 is 19.9 Å². The molecule has 0 saturated carbocycles. The maximum absolute atomic E-state index is 9.09. The highest BCUT2D eigenvalue weighted by molar-refractivity contribution is 5.46. The fraction of sp³-hybridized carbons (Fsp3) is 0.625. The van der Waals surface area contributed by atoms with Gasteiger partial charge in [-0.25, -0.2) is 0 Å². The molecule has 0 aliphatic carbocycles. The van der Waals surface area contributed by atoms with Gasteiger partial charge in [-0.3, -0.25) is 0 Å². The van der Waals surface area contributed by atoms with Crippen molar-refractivity contribution in [3.63, 3.8) is 0 Å². The van der Waals surface area contributed by atoms with Gasteiger partial charge in [-0.15, -0.1) is 0 Å². The van der Waals surface area contributed by atoms with Crippen LogP contribution in [0.3, 0.4) is 0 Å². The number of hydrogen-bond donors (Lipinski definition) is 2. The monoisotopic (exact) mass is 281 g/mol. The van der Waals surface area contributed by atoms with Gasteiger partial charge in [-0.2, -0.15) is 0 Å². The summed E-state index contributed by atoms with van der Waals surface area (Å²) in [6, 6.07) is 5.90. The predicted molar refractivity (Wildman–Crippen MR) is 81.3 cm³/mol. The van der Waals surface area contributed by atoms with Gasteiger partial charge in [0, 0.05) is 24.6 Å². The smallest absolute Gasteiger partial charge is 0.165 e. The zero-order valence-corrected chi connectivity index (χ0v) is 13.0. The highest BCUT2D eigenvalue weighted by Gasteiger charge is 2.12. The Balaban J connectivity index is 2.75. The molecule has 2 N–H and O–H groups in total. The lowest BCUT2D eigenvalue weighted by molar-refractivity contribution is 0.170. The Labute approximate surface area is 122 Å². The molecule has 0 saturated heterocycles. The topological polar surface area (TPSA) is 50.7 Å². The molecule has 0 bridgehead atoms. The zero-order chi connectivity index (χ0) is 15.0. The van der Waals surface area contributed by atoms with Gasteiger partial charge in [0.2, 0.25) is 0 Å². The normalized spacial score (nSPS) is 12.5. The van der Waals surface area contributed by atoms with E-state index in [2.05, 4.69) is 19.2 Å². The largest absolute Gasteiger partial charge is 0.493 e. The Morgan fingerprint density at radius 1 is 1.25 bits per heavy atom. The van der Waals surface area contributed by atoms with Gasteiger partial charge in [0.25, 0.3) is 0 Å². The maximum Gasteiger partial charge on any atom is 0.165 e. The number of nitrogens with one attached hydrogen (secondary N) is 1. The number of hydrogen-bond acceptors (Lipinski definition) is 4. The summed E-state index contributed by atoms with van der Waals surface area (Å²) in [4.78, 5) is 0. The SMILES string of the molecule is COc1cccc(CNCC(C)C)c1OCC(C)CO. The molecule has 0 amide bonds. The van der Waals surface area contributed by atoms with E-state index >= 15 is 0 Å². The van der Waals surface area contributed by atoms with Crippen molar-refractivity contribution in [2.45, 2.75) is 27.3 Å². The van der Waals surface area contributed by atoms with Crippen LogP contribution in [0.2, 0.25) is 0 Å². The molecule has 1 atom stereocenters. The van der Waals surface area contributed by atoms with E-state index in [4.69, 9.17) is 14.6 Å². The van der Waals surface area contributed by atoms with E-state index in [0.717, 1.165) is 30.2 Å². The molecule has 0 heterocycles. The highest BCUT2D eigenvalue weighted by atomic mass is 16.5. The van der Waals surface area contributed by atoms with Crippen molar-refractivity contribution >= 4 is 0 Å². The molecule has 0 radical (unpaired) electrons. The summed E-state index contributed by atoms with van der Waals surface area (Å²) < 4.78 is 11.2. The summed E-state index contributed by atoms with van der Waals surface area (Å²) in [6.45, 7) is 8.62. The quantitative estimate of drug-likeness (QED) is 0.730. The first kappa shape index (κ1) is 16.8.